The van der Waals surface area contributed by atoms with Gasteiger partial charge in [-0.3, -0.25) is 4.90 Å². The Morgan fingerprint density at radius 3 is 2.52 bits per heavy atom. The molecule has 0 aromatic heterocycles. The highest BCUT2D eigenvalue weighted by Crippen LogP contribution is 2.34. The third-order valence-electron chi connectivity index (χ3n) is 5.26. The Morgan fingerprint density at radius 1 is 1.19 bits per heavy atom. The van der Waals surface area contributed by atoms with E-state index in [0.717, 1.165) is 18.9 Å². The van der Waals surface area contributed by atoms with Crippen LogP contribution in [0, 0.1) is 5.92 Å². The zero-order valence-electron chi connectivity index (χ0n) is 14.0. The highest BCUT2D eigenvalue weighted by atomic mass is 15.2. The van der Waals surface area contributed by atoms with Crippen LogP contribution in [-0.2, 0) is 0 Å². The lowest BCUT2D eigenvalue weighted by Gasteiger charge is -2.42. The highest BCUT2D eigenvalue weighted by molar-refractivity contribution is 5.21. The van der Waals surface area contributed by atoms with Crippen molar-refractivity contribution in [1.82, 2.24) is 4.90 Å². The first kappa shape index (κ1) is 16.5. The van der Waals surface area contributed by atoms with E-state index in [1.165, 1.54) is 31.4 Å². The molecule has 0 spiro atoms. The van der Waals surface area contributed by atoms with Gasteiger partial charge in [-0.1, -0.05) is 57.5 Å². The lowest BCUT2D eigenvalue weighted by molar-refractivity contribution is 0.117. The van der Waals surface area contributed by atoms with Gasteiger partial charge in [-0.05, 0) is 43.2 Å². The van der Waals surface area contributed by atoms with Gasteiger partial charge >= 0.3 is 0 Å². The van der Waals surface area contributed by atoms with Crippen molar-refractivity contribution in [3.63, 3.8) is 0 Å². The minimum Gasteiger partial charge on any atom is -0.326 e. The fourth-order valence-electron chi connectivity index (χ4n) is 3.65. The van der Waals surface area contributed by atoms with Crippen LogP contribution in [0.15, 0.2) is 30.3 Å². The molecule has 0 amide bonds. The molecule has 2 nitrogen and oxygen atoms in total. The second-order valence-corrected chi connectivity index (χ2v) is 6.75. The van der Waals surface area contributed by atoms with E-state index in [2.05, 4.69) is 56.0 Å². The SMILES string of the molecule is CCC(C)CN(CC)C1CC(c2ccccc2)CCC1N. The standard InChI is InChI=1S/C19H32N2/c1-4-15(3)14-21(5-2)19-13-17(11-12-18(19)20)16-9-7-6-8-10-16/h6-10,15,17-19H,4-5,11-14,20H2,1-3H3. The van der Waals surface area contributed by atoms with E-state index in [-0.39, 0.29) is 0 Å². The quantitative estimate of drug-likeness (QED) is 0.856. The zero-order valence-corrected chi connectivity index (χ0v) is 14.0. The van der Waals surface area contributed by atoms with Crippen molar-refractivity contribution in [2.24, 2.45) is 11.7 Å². The molecule has 0 heterocycles. The molecule has 1 aliphatic rings. The third kappa shape index (κ3) is 4.31. The molecule has 1 aromatic rings. The second kappa shape index (κ2) is 7.95. The van der Waals surface area contributed by atoms with E-state index >= 15 is 0 Å². The lowest BCUT2D eigenvalue weighted by Crippen LogP contribution is -2.52. The Balaban J connectivity index is 2.06. The van der Waals surface area contributed by atoms with Crippen LogP contribution in [0.25, 0.3) is 0 Å². The van der Waals surface area contributed by atoms with Gasteiger partial charge in [0, 0.05) is 18.6 Å². The van der Waals surface area contributed by atoms with Crippen LogP contribution in [0.4, 0.5) is 0 Å². The van der Waals surface area contributed by atoms with Crippen LogP contribution >= 0.6 is 0 Å². The topological polar surface area (TPSA) is 29.3 Å². The molecular weight excluding hydrogens is 256 g/mol. The first-order valence-corrected chi connectivity index (χ1v) is 8.70. The zero-order chi connectivity index (χ0) is 15.2. The van der Waals surface area contributed by atoms with Gasteiger partial charge in [0.15, 0.2) is 0 Å². The highest BCUT2D eigenvalue weighted by Gasteiger charge is 2.32. The van der Waals surface area contributed by atoms with Gasteiger partial charge in [0.2, 0.25) is 0 Å². The number of hydrogen-bond donors (Lipinski definition) is 1. The molecule has 2 heteroatoms. The summed E-state index contributed by atoms with van der Waals surface area (Å²) in [6.45, 7) is 9.22. The molecule has 4 atom stereocenters. The summed E-state index contributed by atoms with van der Waals surface area (Å²) in [4.78, 5) is 2.63. The monoisotopic (exact) mass is 288 g/mol. The number of likely N-dealkylation sites (N-methyl/N-ethyl adjacent to an activating group) is 1. The maximum atomic E-state index is 6.47. The molecule has 118 valence electrons. The molecule has 1 fully saturated rings. The largest absolute Gasteiger partial charge is 0.326 e. The Hall–Kier alpha value is -0.860. The van der Waals surface area contributed by atoms with Gasteiger partial charge in [0.25, 0.3) is 0 Å². The van der Waals surface area contributed by atoms with Gasteiger partial charge in [0.05, 0.1) is 0 Å². The Morgan fingerprint density at radius 2 is 1.90 bits per heavy atom. The maximum absolute atomic E-state index is 6.47. The molecule has 0 bridgehead atoms. The van der Waals surface area contributed by atoms with Crippen LogP contribution in [0.3, 0.4) is 0 Å². The molecule has 0 saturated heterocycles. The molecular formula is C19H32N2. The minimum absolute atomic E-state index is 0.342. The molecule has 2 N–H and O–H groups in total. The van der Waals surface area contributed by atoms with Crippen molar-refractivity contribution in [3.8, 4) is 0 Å². The van der Waals surface area contributed by atoms with Crippen molar-refractivity contribution >= 4 is 0 Å². The summed E-state index contributed by atoms with van der Waals surface area (Å²) in [5.74, 6) is 1.44. The molecule has 1 saturated carbocycles. The molecule has 4 unspecified atom stereocenters. The van der Waals surface area contributed by atoms with Gasteiger partial charge in [0.1, 0.15) is 0 Å². The predicted molar refractivity (Wildman–Crippen MR) is 91.5 cm³/mol. The van der Waals surface area contributed by atoms with Gasteiger partial charge < -0.3 is 5.73 Å². The van der Waals surface area contributed by atoms with Crippen molar-refractivity contribution in [3.05, 3.63) is 35.9 Å². The number of hydrogen-bond acceptors (Lipinski definition) is 2. The summed E-state index contributed by atoms with van der Waals surface area (Å²) < 4.78 is 0. The summed E-state index contributed by atoms with van der Waals surface area (Å²) in [6, 6.07) is 11.9. The second-order valence-electron chi connectivity index (χ2n) is 6.75. The van der Waals surface area contributed by atoms with E-state index in [1.807, 2.05) is 0 Å². The van der Waals surface area contributed by atoms with Crippen LogP contribution in [-0.4, -0.2) is 30.1 Å². The maximum Gasteiger partial charge on any atom is 0.0253 e. The van der Waals surface area contributed by atoms with E-state index in [9.17, 15) is 0 Å². The Kier molecular flexibility index (Phi) is 6.25. The lowest BCUT2D eigenvalue weighted by atomic mass is 9.78. The fourth-order valence-corrected chi connectivity index (χ4v) is 3.65. The Bertz CT molecular complexity index is 403. The Labute approximate surface area is 130 Å². The van der Waals surface area contributed by atoms with Crippen LogP contribution in [0.1, 0.15) is 57.9 Å². The molecule has 0 radical (unpaired) electrons. The average molecular weight is 288 g/mol. The number of nitrogens with two attached hydrogens (primary N) is 1. The van der Waals surface area contributed by atoms with Crippen molar-refractivity contribution in [1.29, 1.82) is 0 Å². The van der Waals surface area contributed by atoms with Gasteiger partial charge in [-0.2, -0.15) is 0 Å². The normalized spacial score (nSPS) is 27.8. The molecule has 0 aliphatic heterocycles. The number of rotatable bonds is 6. The summed E-state index contributed by atoms with van der Waals surface area (Å²) in [5.41, 5.74) is 7.97. The predicted octanol–water partition coefficient (Wildman–Crippen LogP) is 4.02. The van der Waals surface area contributed by atoms with E-state index in [4.69, 9.17) is 5.73 Å². The summed E-state index contributed by atoms with van der Waals surface area (Å²) in [6.07, 6.45) is 4.86. The van der Waals surface area contributed by atoms with Crippen molar-refractivity contribution in [2.45, 2.75) is 64.5 Å². The number of benzene rings is 1. The van der Waals surface area contributed by atoms with Crippen LogP contribution < -0.4 is 5.73 Å². The smallest absolute Gasteiger partial charge is 0.0253 e. The van der Waals surface area contributed by atoms with Crippen LogP contribution in [0.2, 0.25) is 0 Å². The minimum atomic E-state index is 0.342. The molecule has 1 aliphatic carbocycles. The van der Waals surface area contributed by atoms with E-state index < -0.39 is 0 Å². The molecule has 2 rings (SSSR count). The van der Waals surface area contributed by atoms with Crippen molar-refractivity contribution < 1.29 is 0 Å². The average Bonchev–Trinajstić information content (AvgIpc) is 2.54. The number of nitrogens with zero attached hydrogens (tertiary/aromatic N) is 1. The van der Waals surface area contributed by atoms with Crippen LogP contribution in [0.5, 0.6) is 0 Å². The van der Waals surface area contributed by atoms with Gasteiger partial charge in [-0.25, -0.2) is 0 Å². The molecule has 21 heavy (non-hydrogen) atoms. The first-order valence-electron chi connectivity index (χ1n) is 8.70. The summed E-state index contributed by atoms with van der Waals surface area (Å²) in [5, 5.41) is 0. The van der Waals surface area contributed by atoms with Gasteiger partial charge in [-0.15, -0.1) is 0 Å². The summed E-state index contributed by atoms with van der Waals surface area (Å²) in [7, 11) is 0. The van der Waals surface area contributed by atoms with E-state index in [0.29, 0.717) is 18.0 Å². The van der Waals surface area contributed by atoms with E-state index in [1.54, 1.807) is 0 Å². The fraction of sp³-hybridized carbons (Fsp3) is 0.684. The van der Waals surface area contributed by atoms with Crippen molar-refractivity contribution in [2.75, 3.05) is 13.1 Å². The molecule has 1 aromatic carbocycles. The summed E-state index contributed by atoms with van der Waals surface area (Å²) >= 11 is 0. The first-order chi connectivity index (χ1) is 10.2. The third-order valence-corrected chi connectivity index (χ3v) is 5.26.